The van der Waals surface area contributed by atoms with Crippen LogP contribution in [0, 0.1) is 11.3 Å². The first-order chi connectivity index (χ1) is 10.5. The molecule has 2 rings (SSSR count). The first-order valence-electron chi connectivity index (χ1n) is 6.64. The van der Waals surface area contributed by atoms with Gasteiger partial charge in [0.25, 0.3) is 0 Å². The predicted molar refractivity (Wildman–Crippen MR) is 83.3 cm³/mol. The molecule has 0 spiro atoms. The van der Waals surface area contributed by atoms with E-state index in [1.807, 2.05) is 19.9 Å². The highest BCUT2D eigenvalue weighted by Gasteiger charge is 2.16. The molecule has 0 aliphatic heterocycles. The van der Waals surface area contributed by atoms with Crippen molar-refractivity contribution in [3.8, 4) is 28.8 Å². The van der Waals surface area contributed by atoms with Crippen LogP contribution in [0.1, 0.15) is 19.4 Å². The average Bonchev–Trinajstić information content (AvgIpc) is 2.45. The van der Waals surface area contributed by atoms with Gasteiger partial charge in [-0.25, -0.2) is 4.98 Å². The second-order valence-electron chi connectivity index (χ2n) is 4.83. The number of methoxy groups -OCH3 is 1. The highest BCUT2D eigenvalue weighted by Crippen LogP contribution is 2.34. The summed E-state index contributed by atoms with van der Waals surface area (Å²) in [6, 6.07) is 7.23. The minimum atomic E-state index is -0.0277. The van der Waals surface area contributed by atoms with Gasteiger partial charge in [0.05, 0.1) is 18.9 Å². The molecule has 0 unspecified atom stereocenters. The van der Waals surface area contributed by atoms with Gasteiger partial charge in [0.1, 0.15) is 17.5 Å². The number of nitrogens with two attached hydrogens (primary N) is 2. The maximum atomic E-state index is 9.26. The van der Waals surface area contributed by atoms with E-state index in [1.165, 1.54) is 0 Å². The summed E-state index contributed by atoms with van der Waals surface area (Å²) >= 11 is 0. The van der Waals surface area contributed by atoms with Crippen LogP contribution in [0.3, 0.4) is 0 Å². The number of aromatic nitrogens is 2. The molecule has 0 aliphatic carbocycles. The van der Waals surface area contributed by atoms with E-state index < -0.39 is 0 Å². The van der Waals surface area contributed by atoms with E-state index >= 15 is 0 Å². The van der Waals surface area contributed by atoms with Gasteiger partial charge in [0, 0.05) is 5.56 Å². The highest BCUT2D eigenvalue weighted by molar-refractivity contribution is 5.74. The fourth-order valence-corrected chi connectivity index (χ4v) is 1.99. The molecule has 114 valence electrons. The van der Waals surface area contributed by atoms with Crippen molar-refractivity contribution in [1.82, 2.24) is 9.97 Å². The largest absolute Gasteiger partial charge is 0.493 e. The zero-order valence-corrected chi connectivity index (χ0v) is 12.6. The van der Waals surface area contributed by atoms with Gasteiger partial charge in [-0.05, 0) is 32.0 Å². The predicted octanol–water partition coefficient (Wildman–Crippen LogP) is 1.98. The molecule has 0 saturated heterocycles. The summed E-state index contributed by atoms with van der Waals surface area (Å²) in [5.41, 5.74) is 12.6. The summed E-state index contributed by atoms with van der Waals surface area (Å²) in [5.74, 6) is 1.20. The van der Waals surface area contributed by atoms with Crippen LogP contribution in [0.4, 0.5) is 11.8 Å². The number of nitriles is 1. The molecule has 7 nitrogen and oxygen atoms in total. The van der Waals surface area contributed by atoms with E-state index in [4.69, 9.17) is 20.9 Å². The third-order valence-corrected chi connectivity index (χ3v) is 2.87. The monoisotopic (exact) mass is 299 g/mol. The summed E-state index contributed by atoms with van der Waals surface area (Å²) in [7, 11) is 1.56. The van der Waals surface area contributed by atoms with E-state index in [-0.39, 0.29) is 23.4 Å². The molecule has 1 heterocycles. The van der Waals surface area contributed by atoms with E-state index in [9.17, 15) is 5.26 Å². The van der Waals surface area contributed by atoms with Crippen LogP contribution in [0.2, 0.25) is 0 Å². The summed E-state index contributed by atoms with van der Waals surface area (Å²) in [6.07, 6.45) is -0.0277. The van der Waals surface area contributed by atoms with Crippen molar-refractivity contribution in [2.75, 3.05) is 18.6 Å². The van der Waals surface area contributed by atoms with Gasteiger partial charge in [-0.15, -0.1) is 0 Å². The fraction of sp³-hybridized carbons (Fsp3) is 0.267. The van der Waals surface area contributed by atoms with E-state index in [2.05, 4.69) is 9.97 Å². The van der Waals surface area contributed by atoms with Crippen LogP contribution < -0.4 is 20.9 Å². The maximum absolute atomic E-state index is 9.26. The first kappa shape index (κ1) is 15.4. The van der Waals surface area contributed by atoms with Crippen molar-refractivity contribution in [3.05, 3.63) is 23.8 Å². The van der Waals surface area contributed by atoms with Crippen LogP contribution in [-0.4, -0.2) is 23.2 Å². The third-order valence-electron chi connectivity index (χ3n) is 2.87. The van der Waals surface area contributed by atoms with Crippen LogP contribution in [0.15, 0.2) is 18.2 Å². The minimum Gasteiger partial charge on any atom is -0.493 e. The molecule has 0 bridgehead atoms. The molecule has 4 N–H and O–H groups in total. The van der Waals surface area contributed by atoms with Crippen molar-refractivity contribution in [3.63, 3.8) is 0 Å². The quantitative estimate of drug-likeness (QED) is 0.885. The number of hydrogen-bond donors (Lipinski definition) is 2. The molecule has 0 aliphatic rings. The molecule has 7 heteroatoms. The second kappa shape index (κ2) is 6.18. The average molecular weight is 299 g/mol. The third kappa shape index (κ3) is 3.01. The second-order valence-corrected chi connectivity index (χ2v) is 4.83. The Morgan fingerprint density at radius 2 is 1.91 bits per heavy atom. The van der Waals surface area contributed by atoms with E-state index in [0.29, 0.717) is 22.8 Å². The van der Waals surface area contributed by atoms with Gasteiger partial charge in [-0.3, -0.25) is 0 Å². The van der Waals surface area contributed by atoms with Crippen molar-refractivity contribution >= 4 is 11.8 Å². The number of nitrogen functional groups attached to an aromatic ring is 2. The van der Waals surface area contributed by atoms with Crippen LogP contribution in [0.25, 0.3) is 11.3 Å². The van der Waals surface area contributed by atoms with Gasteiger partial charge >= 0.3 is 0 Å². The number of benzene rings is 1. The van der Waals surface area contributed by atoms with Crippen molar-refractivity contribution in [1.29, 1.82) is 5.26 Å². The zero-order chi connectivity index (χ0) is 16.3. The number of nitrogens with zero attached hydrogens (tertiary/aromatic N) is 3. The Hall–Kier alpha value is -3.01. The number of hydrogen-bond acceptors (Lipinski definition) is 7. The Balaban J connectivity index is 2.61. The lowest BCUT2D eigenvalue weighted by Crippen LogP contribution is -2.08. The Morgan fingerprint density at radius 1 is 1.18 bits per heavy atom. The summed E-state index contributed by atoms with van der Waals surface area (Å²) < 4.78 is 11.0. The van der Waals surface area contributed by atoms with Gasteiger partial charge < -0.3 is 20.9 Å². The van der Waals surface area contributed by atoms with Crippen LogP contribution >= 0.6 is 0 Å². The maximum Gasteiger partial charge on any atom is 0.222 e. The fourth-order valence-electron chi connectivity index (χ4n) is 1.99. The Bertz CT molecular complexity index is 737. The van der Waals surface area contributed by atoms with Crippen molar-refractivity contribution < 1.29 is 9.47 Å². The molecular formula is C15H17N5O2. The molecule has 0 atom stereocenters. The summed E-state index contributed by atoms with van der Waals surface area (Å²) in [4.78, 5) is 7.92. The molecule has 0 saturated carbocycles. The Labute approximate surface area is 128 Å². The topological polar surface area (TPSA) is 120 Å². The number of rotatable bonds is 4. The Morgan fingerprint density at radius 3 is 2.50 bits per heavy atom. The summed E-state index contributed by atoms with van der Waals surface area (Å²) in [5, 5.41) is 9.26. The summed E-state index contributed by atoms with van der Waals surface area (Å²) in [6.45, 7) is 3.82. The minimum absolute atomic E-state index is 0.00801. The normalized spacial score (nSPS) is 10.3. The molecular weight excluding hydrogens is 282 g/mol. The molecule has 22 heavy (non-hydrogen) atoms. The van der Waals surface area contributed by atoms with E-state index in [1.54, 1.807) is 25.3 Å². The number of ether oxygens (including phenoxy) is 2. The van der Waals surface area contributed by atoms with Crippen molar-refractivity contribution in [2.24, 2.45) is 0 Å². The SMILES string of the molecule is COc1ccc(-c2nc(N)nc(N)c2C#N)cc1OC(C)C. The molecule has 0 fully saturated rings. The van der Waals surface area contributed by atoms with Gasteiger partial charge in [0.2, 0.25) is 5.95 Å². The standard InChI is InChI=1S/C15H17N5O2/c1-8(2)22-12-6-9(4-5-11(12)21-3)13-10(7-16)14(17)20-15(18)19-13/h4-6,8H,1-3H3,(H4,17,18,19,20). The molecule has 0 amide bonds. The van der Waals surface area contributed by atoms with Gasteiger partial charge in [0.15, 0.2) is 11.5 Å². The van der Waals surface area contributed by atoms with Gasteiger partial charge in [-0.2, -0.15) is 10.2 Å². The number of anilines is 2. The smallest absolute Gasteiger partial charge is 0.222 e. The molecule has 0 radical (unpaired) electrons. The zero-order valence-electron chi connectivity index (χ0n) is 12.6. The van der Waals surface area contributed by atoms with Gasteiger partial charge in [-0.1, -0.05) is 0 Å². The van der Waals surface area contributed by atoms with Crippen molar-refractivity contribution in [2.45, 2.75) is 20.0 Å². The molecule has 1 aromatic heterocycles. The lowest BCUT2D eigenvalue weighted by molar-refractivity contribution is 0.230. The Kier molecular flexibility index (Phi) is 4.32. The van der Waals surface area contributed by atoms with E-state index in [0.717, 1.165) is 0 Å². The van der Waals surface area contributed by atoms with Crippen LogP contribution in [0.5, 0.6) is 11.5 Å². The first-order valence-corrected chi connectivity index (χ1v) is 6.64. The molecule has 1 aromatic carbocycles. The van der Waals surface area contributed by atoms with Crippen LogP contribution in [-0.2, 0) is 0 Å². The lowest BCUT2D eigenvalue weighted by atomic mass is 10.1. The highest BCUT2D eigenvalue weighted by atomic mass is 16.5. The lowest BCUT2D eigenvalue weighted by Gasteiger charge is -2.15. The molecule has 2 aromatic rings.